The minimum atomic E-state index is -1.19. The Balaban J connectivity index is 1.29. The summed E-state index contributed by atoms with van der Waals surface area (Å²) in [6.07, 6.45) is 6.92. The summed E-state index contributed by atoms with van der Waals surface area (Å²) in [7, 11) is 0. The average Bonchev–Trinajstić information content (AvgIpc) is 3.74. The second-order valence-electron chi connectivity index (χ2n) is 10.1. The Morgan fingerprint density at radius 2 is 1.75 bits per heavy atom. The van der Waals surface area contributed by atoms with E-state index in [2.05, 4.69) is 30.9 Å². The van der Waals surface area contributed by atoms with Gasteiger partial charge in [0, 0.05) is 13.1 Å². The van der Waals surface area contributed by atoms with Crippen LogP contribution in [0.3, 0.4) is 0 Å². The lowest BCUT2D eigenvalue weighted by molar-refractivity contribution is -0.0314. The highest BCUT2D eigenvalue weighted by Crippen LogP contribution is 2.41. The second-order valence-corrected chi connectivity index (χ2v) is 10.1. The number of nitrogens with one attached hydrogen (secondary N) is 3. The standard InChI is InChI=1S/C31H29N7O6/c1-2-32-31(42)37-27-24-28(35-16-34-27)38(17-36-24)22-14-19(15-33-29(39)20-10-6-7-11-21(20)30(40)41)25-26(22)44-23(43-25)13-12-18-8-4-3-5-9-18/h3-14,16-17,22-23,25-26H,2,15H2,1H3,(H,33,39)(H,40,41)(H2,32,34,35,37,42)/t22?,23-,25-,26?/m1/s1. The number of urea groups is 1. The molecular formula is C31H29N7O6. The second kappa shape index (κ2) is 12.5. The molecule has 0 saturated carbocycles. The van der Waals surface area contributed by atoms with Crippen LogP contribution in [0.1, 0.15) is 39.2 Å². The summed E-state index contributed by atoms with van der Waals surface area (Å²) in [4.78, 5) is 50.0. The number of aromatic carboxylic acids is 1. The van der Waals surface area contributed by atoms with Gasteiger partial charge in [0.05, 0.1) is 23.5 Å². The SMILES string of the molecule is CCNC(=O)Nc1ncnc2c1ncn2C1C=C(CNC(=O)c2ccccc2C(=O)O)[C@H]2O[C@@H](C=Cc3ccccc3)OC12. The van der Waals surface area contributed by atoms with E-state index in [1.54, 1.807) is 18.5 Å². The minimum absolute atomic E-state index is 0.0587. The van der Waals surface area contributed by atoms with Gasteiger partial charge < -0.3 is 29.8 Å². The first-order valence-electron chi connectivity index (χ1n) is 14.0. The maximum atomic E-state index is 13.0. The maximum absolute atomic E-state index is 13.0. The average molecular weight is 596 g/mol. The molecule has 0 bridgehead atoms. The van der Waals surface area contributed by atoms with Crippen molar-refractivity contribution in [1.82, 2.24) is 30.2 Å². The molecule has 2 unspecified atom stereocenters. The molecule has 0 radical (unpaired) electrons. The Kier molecular flexibility index (Phi) is 8.12. The lowest BCUT2D eigenvalue weighted by atomic mass is 10.1. The highest BCUT2D eigenvalue weighted by atomic mass is 16.7. The Morgan fingerprint density at radius 3 is 2.52 bits per heavy atom. The molecule has 2 aliphatic rings. The van der Waals surface area contributed by atoms with Gasteiger partial charge in [-0.1, -0.05) is 54.6 Å². The number of imidazole rings is 1. The van der Waals surface area contributed by atoms with Gasteiger partial charge in [0.25, 0.3) is 5.91 Å². The number of ether oxygens (including phenoxy) is 2. The molecule has 1 saturated heterocycles. The molecule has 2 aromatic carbocycles. The topological polar surface area (TPSA) is 170 Å². The molecule has 0 spiro atoms. The fourth-order valence-electron chi connectivity index (χ4n) is 5.31. The van der Waals surface area contributed by atoms with Crippen LogP contribution in [0.25, 0.3) is 17.2 Å². The van der Waals surface area contributed by atoms with E-state index in [9.17, 15) is 19.5 Å². The fraction of sp³-hybridized carbons (Fsp3) is 0.226. The third-order valence-electron chi connectivity index (χ3n) is 7.31. The van der Waals surface area contributed by atoms with Crippen molar-refractivity contribution in [2.75, 3.05) is 18.4 Å². The van der Waals surface area contributed by atoms with Gasteiger partial charge >= 0.3 is 12.0 Å². The van der Waals surface area contributed by atoms with E-state index in [0.29, 0.717) is 17.7 Å². The lowest BCUT2D eigenvalue weighted by Crippen LogP contribution is -2.32. The number of hydrogen-bond acceptors (Lipinski definition) is 8. The highest BCUT2D eigenvalue weighted by molar-refractivity contribution is 6.04. The first-order chi connectivity index (χ1) is 21.4. The summed E-state index contributed by atoms with van der Waals surface area (Å²) >= 11 is 0. The number of nitrogens with zero attached hydrogens (tertiary/aromatic N) is 4. The number of benzene rings is 2. The lowest BCUT2D eigenvalue weighted by Gasteiger charge is -2.19. The number of hydrogen-bond donors (Lipinski definition) is 4. The molecule has 13 nitrogen and oxygen atoms in total. The van der Waals surface area contributed by atoms with Crippen molar-refractivity contribution in [2.24, 2.45) is 0 Å². The number of carboxylic acids is 1. The van der Waals surface area contributed by atoms with Gasteiger partial charge in [-0.05, 0) is 36.3 Å². The Labute approximate surface area is 251 Å². The summed E-state index contributed by atoms with van der Waals surface area (Å²) in [5.41, 5.74) is 2.57. The van der Waals surface area contributed by atoms with Crippen molar-refractivity contribution in [1.29, 1.82) is 0 Å². The summed E-state index contributed by atoms with van der Waals surface area (Å²) in [5, 5.41) is 17.7. The Bertz CT molecular complexity index is 1770. The zero-order chi connectivity index (χ0) is 30.6. The largest absolute Gasteiger partial charge is 0.478 e. The van der Waals surface area contributed by atoms with Gasteiger partial charge in [-0.15, -0.1) is 0 Å². The van der Waals surface area contributed by atoms with E-state index in [-0.39, 0.29) is 23.5 Å². The molecule has 13 heteroatoms. The van der Waals surface area contributed by atoms with Crippen molar-refractivity contribution in [3.8, 4) is 0 Å². The molecular weight excluding hydrogens is 566 g/mol. The van der Waals surface area contributed by atoms with Crippen LogP contribution < -0.4 is 16.0 Å². The number of aromatic nitrogens is 4. The quantitative estimate of drug-likeness (QED) is 0.212. The fourth-order valence-corrected chi connectivity index (χ4v) is 5.31. The third-order valence-corrected chi connectivity index (χ3v) is 7.31. The van der Waals surface area contributed by atoms with E-state index < -0.39 is 42.4 Å². The Hall–Kier alpha value is -5.40. The van der Waals surface area contributed by atoms with Crippen molar-refractivity contribution in [3.63, 3.8) is 0 Å². The van der Waals surface area contributed by atoms with E-state index in [0.717, 1.165) is 11.1 Å². The molecule has 2 aromatic heterocycles. The van der Waals surface area contributed by atoms with Crippen LogP contribution in [-0.4, -0.2) is 74.1 Å². The van der Waals surface area contributed by atoms with Crippen LogP contribution >= 0.6 is 0 Å². The molecule has 3 amide bonds. The van der Waals surface area contributed by atoms with Gasteiger partial charge in [-0.25, -0.2) is 24.5 Å². The van der Waals surface area contributed by atoms with Crippen LogP contribution in [0.2, 0.25) is 0 Å². The van der Waals surface area contributed by atoms with Gasteiger partial charge in [0.15, 0.2) is 23.3 Å². The van der Waals surface area contributed by atoms with Gasteiger partial charge in [-0.3, -0.25) is 10.1 Å². The molecule has 4 aromatic rings. The van der Waals surface area contributed by atoms with Crippen molar-refractivity contribution in [2.45, 2.75) is 31.5 Å². The normalized spacial score (nSPS) is 20.8. The van der Waals surface area contributed by atoms with Gasteiger partial charge in [0.2, 0.25) is 0 Å². The molecule has 44 heavy (non-hydrogen) atoms. The summed E-state index contributed by atoms with van der Waals surface area (Å²) < 4.78 is 14.5. The third kappa shape index (κ3) is 5.78. The van der Waals surface area contributed by atoms with E-state index in [1.165, 1.54) is 18.5 Å². The zero-order valence-electron chi connectivity index (χ0n) is 23.6. The molecule has 4 atom stereocenters. The first-order valence-corrected chi connectivity index (χ1v) is 14.0. The summed E-state index contributed by atoms with van der Waals surface area (Å²) in [6, 6.07) is 14.9. The van der Waals surface area contributed by atoms with Crippen LogP contribution in [0, 0.1) is 0 Å². The number of anilines is 1. The summed E-state index contributed by atoms with van der Waals surface area (Å²) in [6.45, 7) is 2.35. The van der Waals surface area contributed by atoms with E-state index in [4.69, 9.17) is 9.47 Å². The minimum Gasteiger partial charge on any atom is -0.478 e. The van der Waals surface area contributed by atoms with E-state index in [1.807, 2.05) is 60.1 Å². The number of carbonyl (C=O) groups is 3. The highest BCUT2D eigenvalue weighted by Gasteiger charge is 2.47. The van der Waals surface area contributed by atoms with Crippen molar-refractivity contribution >= 4 is 41.0 Å². The molecule has 6 rings (SSSR count). The van der Waals surface area contributed by atoms with Crippen LogP contribution in [0.5, 0.6) is 0 Å². The molecule has 224 valence electrons. The number of carboxylic acid groups (broad SMARTS) is 1. The number of carbonyl (C=O) groups excluding carboxylic acids is 2. The van der Waals surface area contributed by atoms with Crippen LogP contribution in [0.4, 0.5) is 10.6 Å². The molecule has 1 fully saturated rings. The van der Waals surface area contributed by atoms with Gasteiger partial charge in [-0.2, -0.15) is 0 Å². The van der Waals surface area contributed by atoms with Crippen molar-refractivity contribution in [3.05, 3.63) is 102 Å². The van der Waals surface area contributed by atoms with Gasteiger partial charge in [0.1, 0.15) is 18.5 Å². The van der Waals surface area contributed by atoms with Crippen molar-refractivity contribution < 1.29 is 29.0 Å². The first kappa shape index (κ1) is 28.7. The van der Waals surface area contributed by atoms with Crippen LogP contribution in [-0.2, 0) is 9.47 Å². The number of amides is 3. The number of rotatable bonds is 9. The number of fused-ring (bicyclic) bond motifs is 2. The predicted molar refractivity (Wildman–Crippen MR) is 160 cm³/mol. The van der Waals surface area contributed by atoms with Crippen LogP contribution in [0.15, 0.2) is 85.0 Å². The molecule has 4 N–H and O–H groups in total. The monoisotopic (exact) mass is 595 g/mol. The Morgan fingerprint density at radius 1 is 0.977 bits per heavy atom. The smallest absolute Gasteiger partial charge is 0.336 e. The van der Waals surface area contributed by atoms with E-state index >= 15 is 0 Å². The summed E-state index contributed by atoms with van der Waals surface area (Å²) in [5.74, 6) is -1.45. The molecule has 1 aliphatic heterocycles. The zero-order valence-corrected chi connectivity index (χ0v) is 23.6. The molecule has 1 aliphatic carbocycles. The molecule has 3 heterocycles. The predicted octanol–water partition coefficient (Wildman–Crippen LogP) is 3.40. The maximum Gasteiger partial charge on any atom is 0.336 e.